The topological polar surface area (TPSA) is 59.4 Å². The zero-order valence-electron chi connectivity index (χ0n) is 13.4. The van der Waals surface area contributed by atoms with Gasteiger partial charge in [0.05, 0.1) is 17.9 Å². The summed E-state index contributed by atoms with van der Waals surface area (Å²) in [5.74, 6) is -0.0782. The van der Waals surface area contributed by atoms with Crippen LogP contribution in [-0.4, -0.2) is 22.7 Å². The summed E-state index contributed by atoms with van der Waals surface area (Å²) in [5, 5.41) is 9.86. The summed E-state index contributed by atoms with van der Waals surface area (Å²) in [6.07, 6.45) is 0. The number of hydrogen-bond donors (Lipinski definition) is 1. The molecule has 3 rings (SSSR count). The number of carboxylic acid groups (broad SMARTS) is 1. The zero-order chi connectivity index (χ0) is 17.1. The first-order valence-electron chi connectivity index (χ1n) is 7.63. The van der Waals surface area contributed by atoms with Crippen molar-refractivity contribution in [3.8, 4) is 27.6 Å². The van der Waals surface area contributed by atoms with Crippen molar-refractivity contribution in [2.45, 2.75) is 13.8 Å². The molecule has 24 heavy (non-hydrogen) atoms. The molecule has 0 bridgehead atoms. The maximum atomic E-state index is 10.9. The minimum Gasteiger partial charge on any atom is -0.494 e. The molecule has 0 aliphatic heterocycles. The van der Waals surface area contributed by atoms with Crippen LogP contribution in [0.1, 0.15) is 22.2 Å². The van der Waals surface area contributed by atoms with Gasteiger partial charge in [-0.2, -0.15) is 0 Å². The average Bonchev–Trinajstić information content (AvgIpc) is 2.98. The van der Waals surface area contributed by atoms with E-state index in [2.05, 4.69) is 0 Å². The van der Waals surface area contributed by atoms with E-state index in [9.17, 15) is 4.79 Å². The summed E-state index contributed by atoms with van der Waals surface area (Å²) in [5.41, 5.74) is 3.19. The Kier molecular flexibility index (Phi) is 4.62. The van der Waals surface area contributed by atoms with Crippen LogP contribution < -0.4 is 4.74 Å². The molecule has 122 valence electrons. The highest BCUT2D eigenvalue weighted by Crippen LogP contribution is 2.34. The third-order valence-corrected chi connectivity index (χ3v) is 4.63. The second-order valence-electron chi connectivity index (χ2n) is 5.26. The summed E-state index contributed by atoms with van der Waals surface area (Å²) in [7, 11) is 0. The zero-order valence-corrected chi connectivity index (χ0v) is 14.3. The first-order chi connectivity index (χ1) is 11.6. The highest BCUT2D eigenvalue weighted by Gasteiger charge is 2.12. The van der Waals surface area contributed by atoms with Crippen LogP contribution in [-0.2, 0) is 0 Å². The molecule has 1 heterocycles. The third-order valence-electron chi connectivity index (χ3n) is 3.61. The normalized spacial score (nSPS) is 10.6. The molecule has 4 nitrogen and oxygen atoms in total. The lowest BCUT2D eigenvalue weighted by molar-refractivity contribution is 0.0697. The number of carbonyl (C=O) groups is 1. The number of rotatable bonds is 5. The van der Waals surface area contributed by atoms with E-state index in [-0.39, 0.29) is 5.56 Å². The van der Waals surface area contributed by atoms with Crippen molar-refractivity contribution in [3.63, 3.8) is 0 Å². The molecule has 2 aromatic carbocycles. The Hall–Kier alpha value is -2.66. The molecule has 0 unspecified atom stereocenters. The van der Waals surface area contributed by atoms with Gasteiger partial charge in [-0.05, 0) is 50.2 Å². The molecule has 0 amide bonds. The maximum absolute atomic E-state index is 10.9. The van der Waals surface area contributed by atoms with Crippen LogP contribution in [0, 0.1) is 6.92 Å². The molecule has 0 spiro atoms. The first kappa shape index (κ1) is 16.2. The van der Waals surface area contributed by atoms with Crippen LogP contribution in [0.25, 0.3) is 21.8 Å². The Morgan fingerprint density at radius 1 is 1.08 bits per heavy atom. The Bertz CT molecular complexity index is 851. The standard InChI is InChI=1S/C19H17NO3S/c1-3-23-16-10-8-13(9-11-16)17-12(2)24-18(20-17)14-4-6-15(7-5-14)19(21)22/h4-11H,3H2,1-2H3,(H,21,22). The number of nitrogens with zero attached hydrogens (tertiary/aromatic N) is 1. The summed E-state index contributed by atoms with van der Waals surface area (Å²) in [4.78, 5) is 16.8. The van der Waals surface area contributed by atoms with Crippen molar-refractivity contribution in [3.05, 3.63) is 59.0 Å². The minimum absolute atomic E-state index is 0.277. The molecule has 1 N–H and O–H groups in total. The Labute approximate surface area is 144 Å². The van der Waals surface area contributed by atoms with Crippen LogP contribution >= 0.6 is 11.3 Å². The van der Waals surface area contributed by atoms with Gasteiger partial charge in [-0.3, -0.25) is 0 Å². The van der Waals surface area contributed by atoms with Crippen molar-refractivity contribution >= 4 is 17.3 Å². The largest absolute Gasteiger partial charge is 0.494 e. The van der Waals surface area contributed by atoms with Crippen LogP contribution in [0.5, 0.6) is 5.75 Å². The Morgan fingerprint density at radius 3 is 2.29 bits per heavy atom. The van der Waals surface area contributed by atoms with Crippen molar-refractivity contribution < 1.29 is 14.6 Å². The molecule has 0 saturated heterocycles. The predicted molar refractivity (Wildman–Crippen MR) is 95.9 cm³/mol. The van der Waals surface area contributed by atoms with E-state index in [1.807, 2.05) is 38.1 Å². The van der Waals surface area contributed by atoms with Crippen molar-refractivity contribution in [2.24, 2.45) is 0 Å². The molecule has 5 heteroatoms. The molecular formula is C19H17NO3S. The molecule has 0 aliphatic carbocycles. The van der Waals surface area contributed by atoms with Gasteiger partial charge >= 0.3 is 5.97 Å². The Balaban J connectivity index is 1.90. The number of thiazole rings is 1. The quantitative estimate of drug-likeness (QED) is 0.719. The summed E-state index contributed by atoms with van der Waals surface area (Å²) < 4.78 is 5.47. The third kappa shape index (κ3) is 3.31. The lowest BCUT2D eigenvalue weighted by Crippen LogP contribution is -1.94. The second-order valence-corrected chi connectivity index (χ2v) is 6.47. The van der Waals surface area contributed by atoms with Crippen LogP contribution in [0.15, 0.2) is 48.5 Å². The molecule has 3 aromatic rings. The van der Waals surface area contributed by atoms with E-state index in [1.54, 1.807) is 35.6 Å². The highest BCUT2D eigenvalue weighted by molar-refractivity contribution is 7.15. The van der Waals surface area contributed by atoms with Crippen molar-refractivity contribution in [1.82, 2.24) is 4.98 Å². The van der Waals surface area contributed by atoms with Crippen molar-refractivity contribution in [2.75, 3.05) is 6.61 Å². The maximum Gasteiger partial charge on any atom is 0.335 e. The lowest BCUT2D eigenvalue weighted by Gasteiger charge is -2.04. The van der Waals surface area contributed by atoms with E-state index in [0.717, 1.165) is 32.5 Å². The van der Waals surface area contributed by atoms with Gasteiger partial charge < -0.3 is 9.84 Å². The molecule has 0 fully saturated rings. The van der Waals surface area contributed by atoms with Gasteiger partial charge in [-0.15, -0.1) is 11.3 Å². The summed E-state index contributed by atoms with van der Waals surface area (Å²) in [6.45, 7) is 4.64. The lowest BCUT2D eigenvalue weighted by atomic mass is 10.1. The molecule has 0 radical (unpaired) electrons. The van der Waals surface area contributed by atoms with Gasteiger partial charge in [-0.25, -0.2) is 9.78 Å². The van der Waals surface area contributed by atoms with Gasteiger partial charge in [0.1, 0.15) is 10.8 Å². The van der Waals surface area contributed by atoms with E-state index < -0.39 is 5.97 Å². The summed E-state index contributed by atoms with van der Waals surface area (Å²) >= 11 is 1.60. The number of aryl methyl sites for hydroxylation is 1. The monoisotopic (exact) mass is 339 g/mol. The fourth-order valence-corrected chi connectivity index (χ4v) is 3.36. The number of aromatic carboxylic acids is 1. The van der Waals surface area contributed by atoms with E-state index in [1.165, 1.54) is 0 Å². The fraction of sp³-hybridized carbons (Fsp3) is 0.158. The van der Waals surface area contributed by atoms with Crippen LogP contribution in [0.2, 0.25) is 0 Å². The average molecular weight is 339 g/mol. The fourth-order valence-electron chi connectivity index (χ4n) is 2.42. The van der Waals surface area contributed by atoms with Crippen molar-refractivity contribution in [1.29, 1.82) is 0 Å². The van der Waals surface area contributed by atoms with E-state index >= 15 is 0 Å². The minimum atomic E-state index is -0.924. The van der Waals surface area contributed by atoms with Gasteiger partial charge in [0, 0.05) is 16.0 Å². The number of hydrogen-bond acceptors (Lipinski definition) is 4. The van der Waals surface area contributed by atoms with Crippen LogP contribution in [0.4, 0.5) is 0 Å². The number of ether oxygens (including phenoxy) is 1. The molecular weight excluding hydrogens is 322 g/mol. The highest BCUT2D eigenvalue weighted by atomic mass is 32.1. The predicted octanol–water partition coefficient (Wildman–Crippen LogP) is 4.88. The summed E-state index contributed by atoms with van der Waals surface area (Å²) in [6, 6.07) is 14.7. The number of benzene rings is 2. The van der Waals surface area contributed by atoms with Crippen LogP contribution in [0.3, 0.4) is 0 Å². The molecule has 0 aliphatic rings. The first-order valence-corrected chi connectivity index (χ1v) is 8.44. The second kappa shape index (κ2) is 6.84. The van der Waals surface area contributed by atoms with Gasteiger partial charge in [-0.1, -0.05) is 12.1 Å². The smallest absolute Gasteiger partial charge is 0.335 e. The molecule has 0 atom stereocenters. The molecule has 0 saturated carbocycles. The van der Waals surface area contributed by atoms with Gasteiger partial charge in [0.15, 0.2) is 0 Å². The molecule has 1 aromatic heterocycles. The van der Waals surface area contributed by atoms with Gasteiger partial charge in [0.25, 0.3) is 0 Å². The Morgan fingerprint density at radius 2 is 1.71 bits per heavy atom. The van der Waals surface area contributed by atoms with E-state index in [0.29, 0.717) is 6.61 Å². The number of aromatic nitrogens is 1. The number of carboxylic acids is 1. The SMILES string of the molecule is CCOc1ccc(-c2nc(-c3ccc(C(=O)O)cc3)sc2C)cc1. The van der Waals surface area contributed by atoms with E-state index in [4.69, 9.17) is 14.8 Å². The van der Waals surface area contributed by atoms with Gasteiger partial charge in [0.2, 0.25) is 0 Å².